The van der Waals surface area contributed by atoms with E-state index >= 15 is 0 Å². The van der Waals surface area contributed by atoms with Crippen LogP contribution in [0.2, 0.25) is 0 Å². The minimum Gasteiger partial charge on any atom is -0.303 e. The summed E-state index contributed by atoms with van der Waals surface area (Å²) in [6.07, 6.45) is 2.85. The number of aromatic nitrogens is 2. The molecule has 4 nitrogen and oxygen atoms in total. The lowest BCUT2D eigenvalue weighted by Crippen LogP contribution is -2.47. The van der Waals surface area contributed by atoms with Gasteiger partial charge in [0.25, 0.3) is 0 Å². The van der Waals surface area contributed by atoms with E-state index in [0.29, 0.717) is 6.04 Å². The maximum atomic E-state index is 4.03. The van der Waals surface area contributed by atoms with E-state index in [2.05, 4.69) is 73.3 Å². The average molecular weight is 349 g/mol. The molecule has 1 N–H and O–H groups in total. The van der Waals surface area contributed by atoms with Crippen molar-refractivity contribution in [1.29, 1.82) is 0 Å². The van der Waals surface area contributed by atoms with E-state index in [1.165, 1.54) is 11.3 Å². The van der Waals surface area contributed by atoms with Crippen molar-refractivity contribution in [2.24, 2.45) is 0 Å². The van der Waals surface area contributed by atoms with Gasteiger partial charge in [0, 0.05) is 55.0 Å². The van der Waals surface area contributed by atoms with Crippen LogP contribution < -0.4 is 0 Å². The van der Waals surface area contributed by atoms with Crippen LogP contribution in [0.5, 0.6) is 0 Å². The number of likely N-dealkylation sites (N-methyl/N-ethyl adjacent to an activating group) is 1. The van der Waals surface area contributed by atoms with Crippen LogP contribution in [0.3, 0.4) is 0 Å². The Morgan fingerprint density at radius 2 is 2.05 bits per heavy atom. The molecule has 0 aliphatic carbocycles. The highest BCUT2D eigenvalue weighted by atomic mass is 79.9. The van der Waals surface area contributed by atoms with E-state index in [1.807, 2.05) is 6.20 Å². The lowest BCUT2D eigenvalue weighted by molar-refractivity contribution is 0.0907. The fourth-order valence-electron chi connectivity index (χ4n) is 2.91. The largest absolute Gasteiger partial charge is 0.303 e. The molecule has 1 aromatic heterocycles. The maximum absolute atomic E-state index is 4.03. The third kappa shape index (κ3) is 3.73. The normalized spacial score (nSPS) is 20.8. The van der Waals surface area contributed by atoms with Gasteiger partial charge in [-0.25, -0.2) is 0 Å². The Labute approximate surface area is 134 Å². The number of halogens is 1. The summed E-state index contributed by atoms with van der Waals surface area (Å²) < 4.78 is 1.14. The standard InChI is InChI=1S/C16H21BrN4/c1-20-10-11-21(9-7-15-6-8-18-19-15)16(12-20)13-2-4-14(17)5-3-13/h2-6,8,16H,7,9-12H2,1H3,(H,18,19). The summed E-state index contributed by atoms with van der Waals surface area (Å²) in [7, 11) is 2.21. The van der Waals surface area contributed by atoms with Crippen LogP contribution in [-0.2, 0) is 6.42 Å². The Bertz CT molecular complexity index is 552. The number of H-pyrrole nitrogens is 1. The van der Waals surface area contributed by atoms with Gasteiger partial charge in [0.05, 0.1) is 0 Å². The Morgan fingerprint density at radius 3 is 2.76 bits per heavy atom. The third-order valence-electron chi connectivity index (χ3n) is 4.18. The zero-order valence-corrected chi connectivity index (χ0v) is 13.9. The van der Waals surface area contributed by atoms with Crippen LogP contribution in [0.15, 0.2) is 41.0 Å². The predicted molar refractivity (Wildman–Crippen MR) is 88.2 cm³/mol. The van der Waals surface area contributed by atoms with Crippen LogP contribution in [-0.4, -0.2) is 53.2 Å². The van der Waals surface area contributed by atoms with Gasteiger partial charge in [-0.15, -0.1) is 0 Å². The Kier molecular flexibility index (Phi) is 4.73. The highest BCUT2D eigenvalue weighted by Crippen LogP contribution is 2.26. The zero-order valence-electron chi connectivity index (χ0n) is 12.3. The maximum Gasteiger partial charge on any atom is 0.0490 e. The predicted octanol–water partition coefficient (Wildman–Crippen LogP) is 2.70. The first kappa shape index (κ1) is 14.8. The first-order valence-corrected chi connectivity index (χ1v) is 8.18. The molecule has 0 saturated carbocycles. The van der Waals surface area contributed by atoms with Crippen molar-refractivity contribution in [3.63, 3.8) is 0 Å². The molecule has 0 spiro atoms. The summed E-state index contributed by atoms with van der Waals surface area (Å²) in [6, 6.07) is 11.3. The average Bonchev–Trinajstić information content (AvgIpc) is 3.00. The highest BCUT2D eigenvalue weighted by Gasteiger charge is 2.26. The second-order valence-corrected chi connectivity index (χ2v) is 6.61. The van der Waals surface area contributed by atoms with Crippen molar-refractivity contribution < 1.29 is 0 Å². The molecule has 1 unspecified atom stereocenters. The van der Waals surface area contributed by atoms with Gasteiger partial charge in [-0.2, -0.15) is 5.10 Å². The van der Waals surface area contributed by atoms with Crippen LogP contribution in [0.4, 0.5) is 0 Å². The van der Waals surface area contributed by atoms with E-state index in [-0.39, 0.29) is 0 Å². The molecule has 0 radical (unpaired) electrons. The zero-order chi connectivity index (χ0) is 14.7. The number of hydrogen-bond acceptors (Lipinski definition) is 3. The van der Waals surface area contributed by atoms with Crippen molar-refractivity contribution in [3.05, 3.63) is 52.3 Å². The van der Waals surface area contributed by atoms with Crippen molar-refractivity contribution in [2.45, 2.75) is 12.5 Å². The molecule has 2 heterocycles. The number of rotatable bonds is 4. The topological polar surface area (TPSA) is 35.2 Å². The molecule has 1 fully saturated rings. The molecule has 1 aromatic carbocycles. The number of nitrogens with one attached hydrogen (secondary N) is 1. The molecule has 2 aromatic rings. The molecule has 1 aliphatic rings. The molecule has 0 amide bonds. The summed E-state index contributed by atoms with van der Waals surface area (Å²) in [6.45, 7) is 4.41. The SMILES string of the molecule is CN1CCN(CCc2ccn[nH]2)C(c2ccc(Br)cc2)C1. The second kappa shape index (κ2) is 6.73. The Hall–Kier alpha value is -1.17. The molecule has 3 rings (SSSR count). The van der Waals surface area contributed by atoms with Gasteiger partial charge in [-0.1, -0.05) is 28.1 Å². The molecule has 5 heteroatoms. The quantitative estimate of drug-likeness (QED) is 0.922. The molecule has 1 saturated heterocycles. The summed E-state index contributed by atoms with van der Waals surface area (Å²) in [5.41, 5.74) is 2.61. The fourth-order valence-corrected chi connectivity index (χ4v) is 3.18. The Balaban J connectivity index is 1.71. The number of benzene rings is 1. The van der Waals surface area contributed by atoms with Crippen molar-refractivity contribution in [1.82, 2.24) is 20.0 Å². The van der Waals surface area contributed by atoms with Gasteiger partial charge in [-0.3, -0.25) is 10.00 Å². The Morgan fingerprint density at radius 1 is 1.24 bits per heavy atom. The van der Waals surface area contributed by atoms with E-state index < -0.39 is 0 Å². The van der Waals surface area contributed by atoms with Gasteiger partial charge in [0.15, 0.2) is 0 Å². The minimum atomic E-state index is 0.472. The summed E-state index contributed by atoms with van der Waals surface area (Å²) in [5, 5.41) is 7.08. The third-order valence-corrected chi connectivity index (χ3v) is 4.70. The number of piperazine rings is 1. The lowest BCUT2D eigenvalue weighted by Gasteiger charge is -2.40. The molecule has 112 valence electrons. The summed E-state index contributed by atoms with van der Waals surface area (Å²) in [5.74, 6) is 0. The molecule has 0 bridgehead atoms. The fraction of sp³-hybridized carbons (Fsp3) is 0.438. The van der Waals surface area contributed by atoms with E-state index in [4.69, 9.17) is 0 Å². The van der Waals surface area contributed by atoms with Crippen molar-refractivity contribution in [2.75, 3.05) is 33.2 Å². The van der Waals surface area contributed by atoms with Crippen molar-refractivity contribution in [3.8, 4) is 0 Å². The van der Waals surface area contributed by atoms with Gasteiger partial charge < -0.3 is 4.90 Å². The van der Waals surface area contributed by atoms with Gasteiger partial charge in [0.2, 0.25) is 0 Å². The van der Waals surface area contributed by atoms with Gasteiger partial charge >= 0.3 is 0 Å². The smallest absolute Gasteiger partial charge is 0.0490 e. The number of hydrogen-bond donors (Lipinski definition) is 1. The van der Waals surface area contributed by atoms with Gasteiger partial charge in [0.1, 0.15) is 0 Å². The van der Waals surface area contributed by atoms with Gasteiger partial charge in [-0.05, 0) is 30.8 Å². The lowest BCUT2D eigenvalue weighted by atomic mass is 10.0. The molecule has 1 atom stereocenters. The van der Waals surface area contributed by atoms with E-state index in [0.717, 1.165) is 37.1 Å². The van der Waals surface area contributed by atoms with Crippen LogP contribution in [0.25, 0.3) is 0 Å². The van der Waals surface area contributed by atoms with Crippen LogP contribution >= 0.6 is 15.9 Å². The van der Waals surface area contributed by atoms with Crippen molar-refractivity contribution >= 4 is 15.9 Å². The molecular formula is C16H21BrN4. The first-order chi connectivity index (χ1) is 10.2. The summed E-state index contributed by atoms with van der Waals surface area (Å²) >= 11 is 3.52. The van der Waals surface area contributed by atoms with E-state index in [1.54, 1.807) is 0 Å². The monoisotopic (exact) mass is 348 g/mol. The highest BCUT2D eigenvalue weighted by molar-refractivity contribution is 9.10. The first-order valence-electron chi connectivity index (χ1n) is 7.38. The second-order valence-electron chi connectivity index (χ2n) is 5.70. The molecule has 1 aliphatic heterocycles. The molecule has 21 heavy (non-hydrogen) atoms. The van der Waals surface area contributed by atoms with Crippen LogP contribution in [0, 0.1) is 0 Å². The number of nitrogens with zero attached hydrogens (tertiary/aromatic N) is 3. The summed E-state index contributed by atoms with van der Waals surface area (Å²) in [4.78, 5) is 5.00. The minimum absolute atomic E-state index is 0.472. The van der Waals surface area contributed by atoms with Crippen LogP contribution in [0.1, 0.15) is 17.3 Å². The number of aromatic amines is 1. The molecular weight excluding hydrogens is 328 g/mol. The van der Waals surface area contributed by atoms with E-state index in [9.17, 15) is 0 Å².